The van der Waals surface area contributed by atoms with Crippen LogP contribution in [0.3, 0.4) is 0 Å². The number of likely N-dealkylation sites (tertiary alicyclic amines) is 1. The Kier molecular flexibility index (Phi) is 6.42. The molecule has 2 fully saturated rings. The number of nitrogens with zero attached hydrogens (tertiary/aromatic N) is 1. The fourth-order valence-electron chi connectivity index (χ4n) is 3.47. The lowest BCUT2D eigenvalue weighted by atomic mass is 9.90. The Balaban J connectivity index is 1.37. The average Bonchev–Trinajstić information content (AvgIpc) is 2.68. The molecule has 0 aromatic heterocycles. The van der Waals surface area contributed by atoms with Gasteiger partial charge in [0, 0.05) is 19.6 Å². The van der Waals surface area contributed by atoms with Crippen LogP contribution in [0.5, 0.6) is 0 Å². The van der Waals surface area contributed by atoms with Gasteiger partial charge in [0.05, 0.1) is 19.8 Å². The van der Waals surface area contributed by atoms with Gasteiger partial charge in [-0.15, -0.1) is 0 Å². The number of ether oxygens (including phenoxy) is 1. The van der Waals surface area contributed by atoms with E-state index in [0.717, 1.165) is 32.4 Å². The summed E-state index contributed by atoms with van der Waals surface area (Å²) in [6, 6.07) is 10.2. The maximum atomic E-state index is 12.3. The highest BCUT2D eigenvalue weighted by molar-refractivity contribution is 5.87. The van der Waals surface area contributed by atoms with Crippen molar-refractivity contribution < 1.29 is 14.3 Å². The molecule has 6 nitrogen and oxygen atoms in total. The van der Waals surface area contributed by atoms with Crippen LogP contribution in [0.4, 0.5) is 0 Å². The number of piperidine rings is 1. The first kappa shape index (κ1) is 17.9. The number of hydrogen-bond donors (Lipinski definition) is 2. The van der Waals surface area contributed by atoms with E-state index < -0.39 is 0 Å². The molecule has 25 heavy (non-hydrogen) atoms. The van der Waals surface area contributed by atoms with Gasteiger partial charge in [-0.1, -0.05) is 30.3 Å². The van der Waals surface area contributed by atoms with Gasteiger partial charge in [0.2, 0.25) is 11.8 Å². The molecule has 2 amide bonds. The SMILES string of the molecule is O=C(NCC(=O)N1CCC(Cc2ccccc2)CC1)C1COCCN1. The maximum Gasteiger partial charge on any atom is 0.241 e. The van der Waals surface area contributed by atoms with Gasteiger partial charge < -0.3 is 20.3 Å². The van der Waals surface area contributed by atoms with Crippen molar-refractivity contribution in [3.8, 4) is 0 Å². The second-order valence-corrected chi connectivity index (χ2v) is 6.81. The molecule has 0 saturated carbocycles. The quantitative estimate of drug-likeness (QED) is 0.819. The first-order valence-corrected chi connectivity index (χ1v) is 9.13. The van der Waals surface area contributed by atoms with E-state index in [-0.39, 0.29) is 24.4 Å². The summed E-state index contributed by atoms with van der Waals surface area (Å²) >= 11 is 0. The molecule has 3 rings (SSSR count). The number of rotatable bonds is 5. The summed E-state index contributed by atoms with van der Waals surface area (Å²) in [4.78, 5) is 26.2. The fourth-order valence-corrected chi connectivity index (χ4v) is 3.47. The predicted molar refractivity (Wildman–Crippen MR) is 95.1 cm³/mol. The van der Waals surface area contributed by atoms with Gasteiger partial charge >= 0.3 is 0 Å². The van der Waals surface area contributed by atoms with Crippen LogP contribution in [0.2, 0.25) is 0 Å². The van der Waals surface area contributed by atoms with E-state index in [1.807, 2.05) is 11.0 Å². The minimum atomic E-state index is -0.349. The van der Waals surface area contributed by atoms with Crippen LogP contribution in [0.25, 0.3) is 0 Å². The van der Waals surface area contributed by atoms with Crippen molar-refractivity contribution in [1.82, 2.24) is 15.5 Å². The summed E-state index contributed by atoms with van der Waals surface area (Å²) < 4.78 is 5.27. The van der Waals surface area contributed by atoms with E-state index in [4.69, 9.17) is 4.74 Å². The second kappa shape index (κ2) is 8.97. The van der Waals surface area contributed by atoms with E-state index in [2.05, 4.69) is 34.9 Å². The summed E-state index contributed by atoms with van der Waals surface area (Å²) in [6.45, 7) is 3.28. The van der Waals surface area contributed by atoms with E-state index >= 15 is 0 Å². The topological polar surface area (TPSA) is 70.7 Å². The van der Waals surface area contributed by atoms with E-state index in [1.54, 1.807) is 0 Å². The third-order valence-electron chi connectivity index (χ3n) is 4.99. The minimum absolute atomic E-state index is 0.00300. The monoisotopic (exact) mass is 345 g/mol. The molecule has 0 aliphatic carbocycles. The lowest BCUT2D eigenvalue weighted by Crippen LogP contribution is -2.53. The lowest BCUT2D eigenvalue weighted by Gasteiger charge is -2.32. The molecule has 2 N–H and O–H groups in total. The summed E-state index contributed by atoms with van der Waals surface area (Å²) in [5, 5.41) is 5.82. The zero-order chi connectivity index (χ0) is 17.5. The van der Waals surface area contributed by atoms with Gasteiger partial charge in [0.1, 0.15) is 6.04 Å². The summed E-state index contributed by atoms with van der Waals surface area (Å²) in [6.07, 6.45) is 3.12. The van der Waals surface area contributed by atoms with Crippen LogP contribution in [-0.4, -0.2) is 62.1 Å². The number of nitrogens with one attached hydrogen (secondary N) is 2. The molecule has 1 atom stereocenters. The van der Waals surface area contributed by atoms with Crippen molar-refractivity contribution in [1.29, 1.82) is 0 Å². The van der Waals surface area contributed by atoms with Crippen LogP contribution < -0.4 is 10.6 Å². The molecule has 1 aromatic rings. The van der Waals surface area contributed by atoms with Gasteiger partial charge in [-0.3, -0.25) is 9.59 Å². The standard InChI is InChI=1S/C19H27N3O3/c23-18(13-21-19(24)17-14-25-11-8-20-17)22-9-6-16(7-10-22)12-15-4-2-1-3-5-15/h1-5,16-17,20H,6-14H2,(H,21,24). The van der Waals surface area contributed by atoms with Crippen LogP contribution in [0.15, 0.2) is 30.3 Å². The second-order valence-electron chi connectivity index (χ2n) is 6.81. The average molecular weight is 345 g/mol. The molecular formula is C19H27N3O3. The molecular weight excluding hydrogens is 318 g/mol. The fraction of sp³-hybridized carbons (Fsp3) is 0.579. The number of carbonyl (C=O) groups excluding carboxylic acids is 2. The Morgan fingerprint density at radius 3 is 2.64 bits per heavy atom. The van der Waals surface area contributed by atoms with Crippen molar-refractivity contribution in [3.63, 3.8) is 0 Å². The minimum Gasteiger partial charge on any atom is -0.378 e. The molecule has 0 spiro atoms. The van der Waals surface area contributed by atoms with Gasteiger partial charge in [-0.25, -0.2) is 0 Å². The van der Waals surface area contributed by atoms with Gasteiger partial charge in [0.25, 0.3) is 0 Å². The highest BCUT2D eigenvalue weighted by Crippen LogP contribution is 2.21. The normalized spacial score (nSPS) is 21.8. The molecule has 0 bridgehead atoms. The Labute approximate surface area is 148 Å². The zero-order valence-electron chi connectivity index (χ0n) is 14.6. The number of carbonyl (C=O) groups is 2. The number of benzene rings is 1. The Morgan fingerprint density at radius 2 is 1.96 bits per heavy atom. The molecule has 2 aliphatic heterocycles. The molecule has 0 radical (unpaired) electrons. The molecule has 2 aliphatic rings. The maximum absolute atomic E-state index is 12.3. The van der Waals surface area contributed by atoms with Crippen LogP contribution >= 0.6 is 0 Å². The molecule has 1 unspecified atom stereocenters. The summed E-state index contributed by atoms with van der Waals surface area (Å²) in [7, 11) is 0. The molecule has 2 heterocycles. The summed E-state index contributed by atoms with van der Waals surface area (Å²) in [5.41, 5.74) is 1.36. The smallest absolute Gasteiger partial charge is 0.241 e. The molecule has 136 valence electrons. The zero-order valence-corrected chi connectivity index (χ0v) is 14.6. The van der Waals surface area contributed by atoms with Crippen molar-refractivity contribution in [2.75, 3.05) is 39.4 Å². The van der Waals surface area contributed by atoms with E-state index in [1.165, 1.54) is 5.56 Å². The molecule has 6 heteroatoms. The number of hydrogen-bond acceptors (Lipinski definition) is 4. The summed E-state index contributed by atoms with van der Waals surface area (Å²) in [5.74, 6) is 0.472. The number of morpholine rings is 1. The van der Waals surface area contributed by atoms with Crippen LogP contribution in [0.1, 0.15) is 18.4 Å². The van der Waals surface area contributed by atoms with Gasteiger partial charge in [0.15, 0.2) is 0 Å². The van der Waals surface area contributed by atoms with Gasteiger partial charge in [-0.05, 0) is 30.7 Å². The highest BCUT2D eigenvalue weighted by atomic mass is 16.5. The van der Waals surface area contributed by atoms with Crippen molar-refractivity contribution >= 4 is 11.8 Å². The van der Waals surface area contributed by atoms with Crippen molar-refractivity contribution in [3.05, 3.63) is 35.9 Å². The highest BCUT2D eigenvalue weighted by Gasteiger charge is 2.25. The first-order valence-electron chi connectivity index (χ1n) is 9.13. The molecule has 1 aromatic carbocycles. The lowest BCUT2D eigenvalue weighted by molar-refractivity contribution is -0.135. The third-order valence-corrected chi connectivity index (χ3v) is 4.99. The Morgan fingerprint density at radius 1 is 1.20 bits per heavy atom. The van der Waals surface area contributed by atoms with E-state index in [9.17, 15) is 9.59 Å². The third kappa shape index (κ3) is 5.28. The van der Waals surface area contributed by atoms with Gasteiger partial charge in [-0.2, -0.15) is 0 Å². The predicted octanol–water partition coefficient (Wildman–Crippen LogP) is 0.572. The largest absolute Gasteiger partial charge is 0.378 e. The first-order chi connectivity index (χ1) is 12.2. The Hall–Kier alpha value is -1.92. The molecule has 2 saturated heterocycles. The van der Waals surface area contributed by atoms with Crippen molar-refractivity contribution in [2.24, 2.45) is 5.92 Å². The van der Waals surface area contributed by atoms with Crippen molar-refractivity contribution in [2.45, 2.75) is 25.3 Å². The van der Waals surface area contributed by atoms with Crippen LogP contribution in [-0.2, 0) is 20.7 Å². The van der Waals surface area contributed by atoms with Crippen LogP contribution in [0, 0.1) is 5.92 Å². The van der Waals surface area contributed by atoms with E-state index in [0.29, 0.717) is 25.7 Å². The Bertz CT molecular complexity index is 565. The number of amides is 2.